The summed E-state index contributed by atoms with van der Waals surface area (Å²) in [5, 5.41) is 17.1. The van der Waals surface area contributed by atoms with E-state index < -0.39 is 5.97 Å². The van der Waals surface area contributed by atoms with Crippen molar-refractivity contribution < 1.29 is 23.8 Å². The van der Waals surface area contributed by atoms with Gasteiger partial charge >= 0.3 is 5.97 Å². The monoisotopic (exact) mass is 628 g/mol. The van der Waals surface area contributed by atoms with Gasteiger partial charge in [-0.15, -0.1) is 0 Å². The van der Waals surface area contributed by atoms with Crippen molar-refractivity contribution in [2.45, 2.75) is 90.9 Å². The molecule has 0 radical (unpaired) electrons. The van der Waals surface area contributed by atoms with Gasteiger partial charge in [-0.05, 0) is 97.0 Å². The van der Waals surface area contributed by atoms with Gasteiger partial charge in [0.1, 0.15) is 11.9 Å². The second kappa shape index (κ2) is 11.9. The number of nitrogens with zero attached hydrogens (tertiary/aromatic N) is 4. The highest BCUT2D eigenvalue weighted by Crippen LogP contribution is 2.51. The minimum absolute atomic E-state index is 0.0571. The second-order valence-corrected chi connectivity index (χ2v) is 15.0. The highest BCUT2D eigenvalue weighted by molar-refractivity contribution is 6.06. The number of halogens is 1. The molecule has 2 saturated heterocycles. The molecule has 1 saturated carbocycles. The summed E-state index contributed by atoms with van der Waals surface area (Å²) in [4.78, 5) is 19.0. The van der Waals surface area contributed by atoms with Crippen LogP contribution in [0.2, 0.25) is 0 Å². The van der Waals surface area contributed by atoms with Crippen LogP contribution in [0.5, 0.6) is 5.88 Å². The Morgan fingerprint density at radius 3 is 2.65 bits per heavy atom. The van der Waals surface area contributed by atoms with Crippen LogP contribution in [0.1, 0.15) is 90.5 Å². The molecule has 3 fully saturated rings. The quantitative estimate of drug-likeness (QED) is 0.201. The highest BCUT2D eigenvalue weighted by atomic mass is 19.1. The number of ether oxygens (including phenoxy) is 2. The van der Waals surface area contributed by atoms with E-state index in [1.807, 2.05) is 36.9 Å². The number of hydrogen-bond acceptors (Lipinski definition) is 6. The number of pyridine rings is 1. The molecule has 0 amide bonds. The van der Waals surface area contributed by atoms with Gasteiger partial charge in [-0.25, -0.2) is 14.1 Å². The molecule has 46 heavy (non-hydrogen) atoms. The number of likely N-dealkylation sites (tertiary alicyclic amines) is 1. The zero-order valence-corrected chi connectivity index (χ0v) is 27.4. The minimum atomic E-state index is -0.742. The molecule has 1 N–H and O–H groups in total. The number of carbonyl (C=O) groups is 1. The summed E-state index contributed by atoms with van der Waals surface area (Å²) in [6.07, 6.45) is 8.18. The summed E-state index contributed by atoms with van der Waals surface area (Å²) in [6, 6.07) is 11.0. The lowest BCUT2D eigenvalue weighted by Crippen LogP contribution is -2.46. The predicted octanol–water partition coefficient (Wildman–Crippen LogP) is 7.95. The van der Waals surface area contributed by atoms with E-state index in [9.17, 15) is 14.3 Å². The summed E-state index contributed by atoms with van der Waals surface area (Å²) < 4.78 is 29.0. The summed E-state index contributed by atoms with van der Waals surface area (Å²) in [5.41, 5.74) is 3.79. The summed E-state index contributed by atoms with van der Waals surface area (Å²) in [6.45, 7) is 11.9. The van der Waals surface area contributed by atoms with E-state index in [1.165, 1.54) is 12.1 Å². The third-order valence-corrected chi connectivity index (χ3v) is 10.2. The fourth-order valence-electron chi connectivity index (χ4n) is 8.13. The van der Waals surface area contributed by atoms with Crippen LogP contribution in [0.3, 0.4) is 0 Å². The molecule has 9 heteroatoms. The normalized spacial score (nSPS) is 23.9. The molecule has 1 unspecified atom stereocenters. The molecule has 8 nitrogen and oxygen atoms in total. The van der Waals surface area contributed by atoms with Gasteiger partial charge in [0.2, 0.25) is 5.88 Å². The van der Waals surface area contributed by atoms with Crippen LogP contribution in [-0.2, 0) is 9.53 Å². The van der Waals surface area contributed by atoms with Crippen molar-refractivity contribution in [3.05, 3.63) is 54.1 Å². The van der Waals surface area contributed by atoms with Crippen molar-refractivity contribution >= 4 is 27.6 Å². The van der Waals surface area contributed by atoms with Crippen LogP contribution in [-0.4, -0.2) is 63.1 Å². The Balaban J connectivity index is 1.23. The fraction of sp³-hybridized carbons (Fsp3) is 0.541. The molecule has 4 heterocycles. The number of carboxylic acids is 1. The van der Waals surface area contributed by atoms with Crippen LogP contribution in [0, 0.1) is 16.6 Å². The Morgan fingerprint density at radius 1 is 1.17 bits per heavy atom. The lowest BCUT2D eigenvalue weighted by molar-refractivity contribution is -0.139. The van der Waals surface area contributed by atoms with Crippen LogP contribution < -0.4 is 4.74 Å². The molecule has 4 aromatic rings. The van der Waals surface area contributed by atoms with Gasteiger partial charge < -0.3 is 19.5 Å². The number of fused-ring (bicyclic) bond motifs is 2. The molecule has 0 bridgehead atoms. The Labute approximate surface area is 269 Å². The van der Waals surface area contributed by atoms with Crippen molar-refractivity contribution in [3.8, 4) is 17.0 Å². The maximum Gasteiger partial charge on any atom is 0.303 e. The maximum absolute atomic E-state index is 14.0. The summed E-state index contributed by atoms with van der Waals surface area (Å²) in [7, 11) is 0. The lowest BCUT2D eigenvalue weighted by Gasteiger charge is -2.45. The molecule has 2 aromatic carbocycles. The Kier molecular flexibility index (Phi) is 8.04. The first-order chi connectivity index (χ1) is 22.0. The van der Waals surface area contributed by atoms with E-state index in [-0.39, 0.29) is 41.3 Å². The Morgan fingerprint density at radius 2 is 1.96 bits per heavy atom. The van der Waals surface area contributed by atoms with E-state index in [2.05, 4.69) is 30.9 Å². The van der Waals surface area contributed by atoms with Gasteiger partial charge in [-0.2, -0.15) is 5.10 Å². The minimum Gasteiger partial charge on any atom is -0.481 e. The van der Waals surface area contributed by atoms with Gasteiger partial charge in [-0.1, -0.05) is 39.8 Å². The van der Waals surface area contributed by atoms with Gasteiger partial charge in [0.05, 0.1) is 23.8 Å². The molecule has 3 aliphatic rings. The number of aromatic nitrogens is 3. The van der Waals surface area contributed by atoms with E-state index in [0.717, 1.165) is 103 Å². The summed E-state index contributed by atoms with van der Waals surface area (Å²) in [5.74, 6) is -0.251. The van der Waals surface area contributed by atoms with Crippen molar-refractivity contribution in [1.29, 1.82) is 0 Å². The zero-order chi connectivity index (χ0) is 32.2. The van der Waals surface area contributed by atoms with Crippen molar-refractivity contribution in [2.75, 3.05) is 26.2 Å². The predicted molar refractivity (Wildman–Crippen MR) is 177 cm³/mol. The smallest absolute Gasteiger partial charge is 0.303 e. The van der Waals surface area contributed by atoms with E-state index >= 15 is 0 Å². The van der Waals surface area contributed by atoms with Crippen molar-refractivity contribution in [1.82, 2.24) is 19.7 Å². The number of hydrogen-bond donors (Lipinski definition) is 1. The number of benzene rings is 2. The van der Waals surface area contributed by atoms with E-state index in [4.69, 9.17) is 19.6 Å². The molecular formula is C37H45FN4O4. The molecule has 2 aromatic heterocycles. The first-order valence-corrected chi connectivity index (χ1v) is 16.8. The third-order valence-electron chi connectivity index (χ3n) is 10.2. The van der Waals surface area contributed by atoms with Gasteiger partial charge in [0.15, 0.2) is 6.23 Å². The topological polar surface area (TPSA) is 89.7 Å². The van der Waals surface area contributed by atoms with E-state index in [1.54, 1.807) is 0 Å². The third kappa shape index (κ3) is 5.99. The second-order valence-electron chi connectivity index (χ2n) is 15.0. The largest absolute Gasteiger partial charge is 0.481 e. The molecule has 244 valence electrons. The molecule has 1 spiro atoms. The Bertz CT molecular complexity index is 1750. The SMILES string of the molecule is CC(C)c1nc(OC2CC3(CCN(CC(C)(C)CC(=O)O)C3)C2)c2cc3c(cnn3C3CCCCO3)cc2c1-c1ccc(F)cc1. The number of aliphatic carboxylic acids is 1. The fourth-order valence-corrected chi connectivity index (χ4v) is 8.13. The van der Waals surface area contributed by atoms with Gasteiger partial charge in [0.25, 0.3) is 0 Å². The first-order valence-electron chi connectivity index (χ1n) is 16.8. The zero-order valence-electron chi connectivity index (χ0n) is 27.4. The molecule has 7 rings (SSSR count). The first kappa shape index (κ1) is 31.1. The molecule has 1 aliphatic carbocycles. The molecule has 1 atom stereocenters. The highest BCUT2D eigenvalue weighted by Gasteiger charge is 2.50. The molecular weight excluding hydrogens is 583 g/mol. The standard InChI is InChI=1S/C37H45FN4O4/c1-23(2)34-33(24-8-10-26(38)11-9-24)28-15-25-20-39-42(31-7-5-6-14-45-31)30(25)16-29(28)35(40-34)46-27-17-37(18-27)12-13-41(22-37)21-36(3,4)19-32(43)44/h8-11,15-16,20,23,27,31H,5-7,12-14,17-19,21-22H2,1-4H3,(H,43,44). The average Bonchev–Trinajstić information content (AvgIpc) is 3.60. The van der Waals surface area contributed by atoms with Crippen molar-refractivity contribution in [3.63, 3.8) is 0 Å². The van der Waals surface area contributed by atoms with Crippen molar-refractivity contribution in [2.24, 2.45) is 10.8 Å². The summed E-state index contributed by atoms with van der Waals surface area (Å²) >= 11 is 0. The average molecular weight is 629 g/mol. The van der Waals surface area contributed by atoms with Crippen LogP contribution in [0.25, 0.3) is 32.8 Å². The molecule has 2 aliphatic heterocycles. The Hall–Kier alpha value is -3.56. The maximum atomic E-state index is 14.0. The van der Waals surface area contributed by atoms with Crippen LogP contribution in [0.15, 0.2) is 42.6 Å². The van der Waals surface area contributed by atoms with Gasteiger partial charge in [-0.3, -0.25) is 4.79 Å². The van der Waals surface area contributed by atoms with Gasteiger partial charge in [0, 0.05) is 36.0 Å². The lowest BCUT2D eigenvalue weighted by atomic mass is 9.66. The number of carboxylic acid groups (broad SMARTS) is 1. The van der Waals surface area contributed by atoms with Crippen LogP contribution >= 0.6 is 0 Å². The number of rotatable bonds is 9. The van der Waals surface area contributed by atoms with E-state index in [0.29, 0.717) is 5.88 Å². The van der Waals surface area contributed by atoms with Crippen LogP contribution in [0.4, 0.5) is 4.39 Å².